The predicted octanol–water partition coefficient (Wildman–Crippen LogP) is 2.60. The highest BCUT2D eigenvalue weighted by Crippen LogP contribution is 2.27. The first-order chi connectivity index (χ1) is 10.2. The molecular weight excluding hydrogens is 266 g/mol. The fraction of sp³-hybridized carbons (Fsp3) is 0.647. The topological polar surface area (TPSA) is 39.7 Å². The Morgan fingerprint density at radius 3 is 2.67 bits per heavy atom. The molecule has 2 rings (SSSR count). The molecule has 4 heteroatoms. The van der Waals surface area contributed by atoms with Gasteiger partial charge >= 0.3 is 0 Å². The van der Waals surface area contributed by atoms with Gasteiger partial charge in [0.05, 0.1) is 13.2 Å². The van der Waals surface area contributed by atoms with Crippen LogP contribution in [0.2, 0.25) is 0 Å². The van der Waals surface area contributed by atoms with E-state index < -0.39 is 0 Å². The molecule has 1 fully saturated rings. The van der Waals surface area contributed by atoms with Crippen LogP contribution in [0.5, 0.6) is 5.75 Å². The van der Waals surface area contributed by atoms with E-state index in [0.29, 0.717) is 6.61 Å². The maximum Gasteiger partial charge on any atom is 0.125 e. The molecule has 1 saturated heterocycles. The second kappa shape index (κ2) is 8.37. The Labute approximate surface area is 127 Å². The molecule has 1 aromatic carbocycles. The number of methoxy groups -OCH3 is 1. The van der Waals surface area contributed by atoms with Crippen molar-refractivity contribution in [2.24, 2.45) is 0 Å². The number of ether oxygens (including phenoxy) is 3. The third-order valence-corrected chi connectivity index (χ3v) is 3.74. The molecule has 21 heavy (non-hydrogen) atoms. The lowest BCUT2D eigenvalue weighted by atomic mass is 10.0. The molecule has 0 radical (unpaired) electrons. The third-order valence-electron chi connectivity index (χ3n) is 3.74. The quantitative estimate of drug-likeness (QED) is 0.784. The number of nitrogens with one attached hydrogen (secondary N) is 1. The Morgan fingerprint density at radius 1 is 1.29 bits per heavy atom. The zero-order chi connectivity index (χ0) is 15.1. The van der Waals surface area contributed by atoms with Gasteiger partial charge in [-0.15, -0.1) is 0 Å². The van der Waals surface area contributed by atoms with Crippen LogP contribution in [0.25, 0.3) is 0 Å². The minimum atomic E-state index is 0.196. The van der Waals surface area contributed by atoms with Crippen LogP contribution < -0.4 is 10.1 Å². The molecule has 4 nitrogen and oxygen atoms in total. The van der Waals surface area contributed by atoms with Crippen molar-refractivity contribution in [3.8, 4) is 5.75 Å². The van der Waals surface area contributed by atoms with E-state index in [9.17, 15) is 0 Å². The lowest BCUT2D eigenvalue weighted by molar-refractivity contribution is 0.00687. The van der Waals surface area contributed by atoms with Gasteiger partial charge in [0, 0.05) is 26.8 Å². The van der Waals surface area contributed by atoms with Crippen molar-refractivity contribution in [1.29, 1.82) is 0 Å². The van der Waals surface area contributed by atoms with Gasteiger partial charge in [-0.25, -0.2) is 0 Å². The fourth-order valence-electron chi connectivity index (χ4n) is 2.71. The van der Waals surface area contributed by atoms with Crippen molar-refractivity contribution in [1.82, 2.24) is 5.32 Å². The van der Waals surface area contributed by atoms with Crippen LogP contribution in [0, 0.1) is 13.8 Å². The van der Waals surface area contributed by atoms with Gasteiger partial charge in [-0.05, 0) is 43.4 Å². The van der Waals surface area contributed by atoms with Gasteiger partial charge in [0.2, 0.25) is 0 Å². The second-order valence-corrected chi connectivity index (χ2v) is 5.69. The molecule has 1 aliphatic heterocycles. The number of hydrogen-bond acceptors (Lipinski definition) is 4. The van der Waals surface area contributed by atoms with Crippen LogP contribution in [0.4, 0.5) is 0 Å². The van der Waals surface area contributed by atoms with E-state index in [1.807, 2.05) is 0 Å². The minimum absolute atomic E-state index is 0.196. The molecule has 0 spiro atoms. The summed E-state index contributed by atoms with van der Waals surface area (Å²) in [6.45, 7) is 8.27. The lowest BCUT2D eigenvalue weighted by Crippen LogP contribution is -2.28. The molecule has 0 saturated carbocycles. The molecule has 1 aliphatic rings. The van der Waals surface area contributed by atoms with Crippen LogP contribution >= 0.6 is 0 Å². The molecule has 0 aliphatic carbocycles. The standard InChI is InChI=1S/C17H27NO3/c1-13-9-15(11-18-6-8-19-3)10-14(2)17(13)21-16-5-4-7-20-12-16/h9-10,16,18H,4-8,11-12H2,1-3H3. The molecule has 1 unspecified atom stereocenters. The predicted molar refractivity (Wildman–Crippen MR) is 84.0 cm³/mol. The summed E-state index contributed by atoms with van der Waals surface area (Å²) in [5.74, 6) is 1.02. The van der Waals surface area contributed by atoms with Crippen molar-refractivity contribution in [3.63, 3.8) is 0 Å². The molecular formula is C17H27NO3. The number of rotatable bonds is 7. The normalized spacial score (nSPS) is 18.7. The molecule has 1 heterocycles. The van der Waals surface area contributed by atoms with Crippen LogP contribution in [-0.2, 0) is 16.0 Å². The zero-order valence-electron chi connectivity index (χ0n) is 13.4. The largest absolute Gasteiger partial charge is 0.487 e. The molecule has 0 bridgehead atoms. The molecule has 118 valence electrons. The highest BCUT2D eigenvalue weighted by Gasteiger charge is 2.17. The van der Waals surface area contributed by atoms with Crippen LogP contribution in [0.1, 0.15) is 29.5 Å². The van der Waals surface area contributed by atoms with Crippen molar-refractivity contribution >= 4 is 0 Å². The highest BCUT2D eigenvalue weighted by molar-refractivity contribution is 5.43. The zero-order valence-corrected chi connectivity index (χ0v) is 13.4. The van der Waals surface area contributed by atoms with E-state index >= 15 is 0 Å². The van der Waals surface area contributed by atoms with E-state index in [4.69, 9.17) is 14.2 Å². The Kier molecular flexibility index (Phi) is 6.49. The Bertz CT molecular complexity index is 419. The first-order valence-corrected chi connectivity index (χ1v) is 7.75. The van der Waals surface area contributed by atoms with E-state index in [1.165, 1.54) is 16.7 Å². The first-order valence-electron chi connectivity index (χ1n) is 7.75. The van der Waals surface area contributed by atoms with Gasteiger partial charge < -0.3 is 19.5 Å². The van der Waals surface area contributed by atoms with Gasteiger partial charge in [-0.1, -0.05) is 12.1 Å². The van der Waals surface area contributed by atoms with Crippen molar-refractivity contribution in [2.75, 3.05) is 33.5 Å². The maximum absolute atomic E-state index is 6.15. The van der Waals surface area contributed by atoms with Gasteiger partial charge in [0.25, 0.3) is 0 Å². The summed E-state index contributed by atoms with van der Waals surface area (Å²) in [5, 5.41) is 3.37. The summed E-state index contributed by atoms with van der Waals surface area (Å²) in [5.41, 5.74) is 3.68. The van der Waals surface area contributed by atoms with Crippen molar-refractivity contribution in [2.45, 2.75) is 39.3 Å². The SMILES string of the molecule is COCCNCc1cc(C)c(OC2CCCOC2)c(C)c1. The second-order valence-electron chi connectivity index (χ2n) is 5.69. The molecule has 0 amide bonds. The number of hydrogen-bond donors (Lipinski definition) is 1. The summed E-state index contributed by atoms with van der Waals surface area (Å²) in [4.78, 5) is 0. The molecule has 1 N–H and O–H groups in total. The summed E-state index contributed by atoms with van der Waals surface area (Å²) in [6, 6.07) is 4.40. The van der Waals surface area contributed by atoms with E-state index in [-0.39, 0.29) is 6.10 Å². The van der Waals surface area contributed by atoms with Gasteiger partial charge in [-0.2, -0.15) is 0 Å². The van der Waals surface area contributed by atoms with Crippen LogP contribution in [0.15, 0.2) is 12.1 Å². The average molecular weight is 293 g/mol. The minimum Gasteiger partial charge on any atom is -0.487 e. The maximum atomic E-state index is 6.15. The summed E-state index contributed by atoms with van der Waals surface area (Å²) in [6.07, 6.45) is 2.37. The average Bonchev–Trinajstić information content (AvgIpc) is 2.48. The fourth-order valence-corrected chi connectivity index (χ4v) is 2.71. The van der Waals surface area contributed by atoms with E-state index in [2.05, 4.69) is 31.3 Å². The number of benzene rings is 1. The number of aryl methyl sites for hydroxylation is 2. The Hall–Kier alpha value is -1.10. The van der Waals surface area contributed by atoms with Crippen LogP contribution in [-0.4, -0.2) is 39.6 Å². The summed E-state index contributed by atoms with van der Waals surface area (Å²) < 4.78 is 16.7. The van der Waals surface area contributed by atoms with Crippen molar-refractivity contribution < 1.29 is 14.2 Å². The summed E-state index contributed by atoms with van der Waals surface area (Å²) in [7, 11) is 1.72. The first kappa shape index (κ1) is 16.3. The Morgan fingerprint density at radius 2 is 2.05 bits per heavy atom. The summed E-state index contributed by atoms with van der Waals surface area (Å²) >= 11 is 0. The van der Waals surface area contributed by atoms with Crippen LogP contribution in [0.3, 0.4) is 0 Å². The molecule has 1 aromatic rings. The van der Waals surface area contributed by atoms with Crippen molar-refractivity contribution in [3.05, 3.63) is 28.8 Å². The van der Waals surface area contributed by atoms with Gasteiger partial charge in [0.15, 0.2) is 0 Å². The molecule has 1 atom stereocenters. The Balaban J connectivity index is 1.95. The third kappa shape index (κ3) is 4.99. The monoisotopic (exact) mass is 293 g/mol. The lowest BCUT2D eigenvalue weighted by Gasteiger charge is -2.25. The van der Waals surface area contributed by atoms with Gasteiger partial charge in [0.1, 0.15) is 11.9 Å². The van der Waals surface area contributed by atoms with E-state index in [1.54, 1.807) is 7.11 Å². The van der Waals surface area contributed by atoms with Gasteiger partial charge in [-0.3, -0.25) is 0 Å². The smallest absolute Gasteiger partial charge is 0.125 e. The van der Waals surface area contributed by atoms with E-state index in [0.717, 1.165) is 44.9 Å². The highest BCUT2D eigenvalue weighted by atomic mass is 16.5. The molecule has 0 aromatic heterocycles.